The van der Waals surface area contributed by atoms with Gasteiger partial charge in [0.25, 0.3) is 0 Å². The molecule has 1 atom stereocenters. The molecule has 1 aliphatic rings. The number of hydrogen-bond acceptors (Lipinski definition) is 1. The minimum atomic E-state index is 0.561. The van der Waals surface area contributed by atoms with E-state index in [1.54, 1.807) is 0 Å². The summed E-state index contributed by atoms with van der Waals surface area (Å²) in [4.78, 5) is 0. The maximum atomic E-state index is 6.04. The summed E-state index contributed by atoms with van der Waals surface area (Å²) in [5, 5.41) is 1.09. The zero-order chi connectivity index (χ0) is 10.9. The average molecular weight is 277 g/mol. The van der Waals surface area contributed by atoms with E-state index in [1.165, 1.54) is 51.4 Å². The van der Waals surface area contributed by atoms with Crippen LogP contribution < -0.4 is 0 Å². The van der Waals surface area contributed by atoms with Crippen LogP contribution in [0.15, 0.2) is 0 Å². The zero-order valence-corrected chi connectivity index (χ0v) is 11.6. The molecule has 0 radical (unpaired) electrons. The molecule has 0 aromatic heterocycles. The number of ether oxygens (including phenoxy) is 1. The Morgan fingerprint density at radius 2 is 1.87 bits per heavy atom. The molecule has 0 heterocycles. The molecule has 0 spiro atoms. The van der Waals surface area contributed by atoms with E-state index < -0.39 is 0 Å². The summed E-state index contributed by atoms with van der Waals surface area (Å²) < 4.78 is 6.04. The lowest BCUT2D eigenvalue weighted by molar-refractivity contribution is 0.0232. The Kier molecular flexibility index (Phi) is 7.72. The summed E-state index contributed by atoms with van der Waals surface area (Å²) in [6, 6.07) is 0. The molecule has 1 rings (SSSR count). The Balaban J connectivity index is 2.15. The van der Waals surface area contributed by atoms with Crippen LogP contribution in [0.2, 0.25) is 0 Å². The molecular weight excluding hydrogens is 252 g/mol. The van der Waals surface area contributed by atoms with Gasteiger partial charge in [-0.1, -0.05) is 55.0 Å². The molecule has 2 heteroatoms. The standard InChI is InChI=1S/C13H25BrO/c1-2-7-12(10-14)11-15-13-8-5-3-4-6-9-13/h12-13H,2-11H2,1H3. The number of hydrogen-bond donors (Lipinski definition) is 0. The van der Waals surface area contributed by atoms with Crippen LogP contribution in [-0.4, -0.2) is 18.0 Å². The summed E-state index contributed by atoms with van der Waals surface area (Å²) in [7, 11) is 0. The van der Waals surface area contributed by atoms with Crippen molar-refractivity contribution in [1.29, 1.82) is 0 Å². The number of halogens is 1. The van der Waals surface area contributed by atoms with Crippen molar-refractivity contribution >= 4 is 15.9 Å². The van der Waals surface area contributed by atoms with E-state index >= 15 is 0 Å². The van der Waals surface area contributed by atoms with Crippen molar-refractivity contribution in [3.63, 3.8) is 0 Å². The fourth-order valence-corrected chi connectivity index (χ4v) is 2.80. The Bertz CT molecular complexity index is 141. The molecule has 0 aliphatic heterocycles. The Morgan fingerprint density at radius 1 is 1.20 bits per heavy atom. The van der Waals surface area contributed by atoms with Gasteiger partial charge in [-0.05, 0) is 25.2 Å². The van der Waals surface area contributed by atoms with Crippen LogP contribution in [0.5, 0.6) is 0 Å². The fourth-order valence-electron chi connectivity index (χ4n) is 2.29. The zero-order valence-electron chi connectivity index (χ0n) is 10.0. The summed E-state index contributed by atoms with van der Waals surface area (Å²) in [6.07, 6.45) is 11.3. The van der Waals surface area contributed by atoms with Crippen molar-refractivity contribution in [2.45, 2.75) is 64.4 Å². The Morgan fingerprint density at radius 3 is 2.40 bits per heavy atom. The highest BCUT2D eigenvalue weighted by Crippen LogP contribution is 2.21. The van der Waals surface area contributed by atoms with Crippen LogP contribution in [0.25, 0.3) is 0 Å². The quantitative estimate of drug-likeness (QED) is 0.511. The first-order valence-corrected chi connectivity index (χ1v) is 7.66. The normalized spacial score (nSPS) is 21.2. The van der Waals surface area contributed by atoms with Gasteiger partial charge in [-0.3, -0.25) is 0 Å². The van der Waals surface area contributed by atoms with Gasteiger partial charge in [0, 0.05) is 5.33 Å². The third-order valence-corrected chi connectivity index (χ3v) is 4.20. The van der Waals surface area contributed by atoms with Gasteiger partial charge in [-0.25, -0.2) is 0 Å². The maximum Gasteiger partial charge on any atom is 0.0575 e. The first-order chi connectivity index (χ1) is 7.36. The second-order valence-electron chi connectivity index (χ2n) is 4.76. The van der Waals surface area contributed by atoms with Gasteiger partial charge in [0.1, 0.15) is 0 Å². The number of alkyl halides is 1. The second-order valence-corrected chi connectivity index (χ2v) is 5.40. The monoisotopic (exact) mass is 276 g/mol. The first-order valence-electron chi connectivity index (χ1n) is 6.54. The molecule has 0 saturated heterocycles. The molecule has 0 aromatic carbocycles. The van der Waals surface area contributed by atoms with Crippen LogP contribution in [0, 0.1) is 5.92 Å². The highest BCUT2D eigenvalue weighted by atomic mass is 79.9. The largest absolute Gasteiger partial charge is 0.378 e. The van der Waals surface area contributed by atoms with Crippen molar-refractivity contribution in [3.05, 3.63) is 0 Å². The van der Waals surface area contributed by atoms with Crippen LogP contribution >= 0.6 is 15.9 Å². The van der Waals surface area contributed by atoms with Gasteiger partial charge < -0.3 is 4.74 Å². The van der Waals surface area contributed by atoms with E-state index in [-0.39, 0.29) is 0 Å². The van der Waals surface area contributed by atoms with Gasteiger partial charge in [-0.15, -0.1) is 0 Å². The van der Waals surface area contributed by atoms with E-state index in [2.05, 4.69) is 22.9 Å². The maximum absolute atomic E-state index is 6.04. The van der Waals surface area contributed by atoms with Crippen molar-refractivity contribution < 1.29 is 4.74 Å². The van der Waals surface area contributed by atoms with Crippen LogP contribution in [0.3, 0.4) is 0 Å². The summed E-state index contributed by atoms with van der Waals surface area (Å²) in [5.74, 6) is 0.721. The van der Waals surface area contributed by atoms with E-state index in [9.17, 15) is 0 Å². The van der Waals surface area contributed by atoms with Crippen molar-refractivity contribution in [1.82, 2.24) is 0 Å². The lowest BCUT2D eigenvalue weighted by atomic mass is 10.1. The molecule has 0 amide bonds. The third kappa shape index (κ3) is 5.91. The van der Waals surface area contributed by atoms with E-state index in [1.807, 2.05) is 0 Å². The third-order valence-electron chi connectivity index (χ3n) is 3.28. The molecular formula is C13H25BrO. The van der Waals surface area contributed by atoms with Gasteiger partial charge in [0.15, 0.2) is 0 Å². The summed E-state index contributed by atoms with van der Waals surface area (Å²) >= 11 is 3.58. The topological polar surface area (TPSA) is 9.23 Å². The van der Waals surface area contributed by atoms with Gasteiger partial charge in [0.05, 0.1) is 12.7 Å². The van der Waals surface area contributed by atoms with E-state index in [0.29, 0.717) is 6.10 Å². The predicted molar refractivity (Wildman–Crippen MR) is 69.6 cm³/mol. The van der Waals surface area contributed by atoms with Crippen molar-refractivity contribution in [2.24, 2.45) is 5.92 Å². The summed E-state index contributed by atoms with van der Waals surface area (Å²) in [5.41, 5.74) is 0. The number of rotatable bonds is 6. The summed E-state index contributed by atoms with van der Waals surface area (Å²) in [6.45, 7) is 3.21. The molecule has 1 unspecified atom stereocenters. The van der Waals surface area contributed by atoms with E-state index in [0.717, 1.165) is 17.9 Å². The molecule has 90 valence electrons. The fraction of sp³-hybridized carbons (Fsp3) is 1.00. The SMILES string of the molecule is CCCC(CBr)COC1CCCCCC1. The minimum absolute atomic E-state index is 0.561. The Hall–Kier alpha value is 0.440. The second kappa shape index (κ2) is 8.58. The van der Waals surface area contributed by atoms with E-state index in [4.69, 9.17) is 4.74 Å². The molecule has 1 aliphatic carbocycles. The molecule has 15 heavy (non-hydrogen) atoms. The molecule has 0 bridgehead atoms. The molecule has 0 N–H and O–H groups in total. The van der Waals surface area contributed by atoms with Gasteiger partial charge >= 0.3 is 0 Å². The molecule has 1 fully saturated rings. The molecule has 1 nitrogen and oxygen atoms in total. The highest BCUT2D eigenvalue weighted by molar-refractivity contribution is 9.09. The lowest BCUT2D eigenvalue weighted by Crippen LogP contribution is -2.18. The average Bonchev–Trinajstić information content (AvgIpc) is 2.52. The Labute approximate surface area is 103 Å². The van der Waals surface area contributed by atoms with Gasteiger partial charge in [0.2, 0.25) is 0 Å². The van der Waals surface area contributed by atoms with Crippen molar-refractivity contribution in [3.8, 4) is 0 Å². The highest BCUT2D eigenvalue weighted by Gasteiger charge is 2.14. The van der Waals surface area contributed by atoms with Crippen LogP contribution in [0.4, 0.5) is 0 Å². The predicted octanol–water partition coefficient (Wildman–Crippen LogP) is 4.54. The lowest BCUT2D eigenvalue weighted by Gasteiger charge is -2.19. The molecule has 0 aromatic rings. The van der Waals surface area contributed by atoms with Gasteiger partial charge in [-0.2, -0.15) is 0 Å². The first kappa shape index (κ1) is 13.5. The van der Waals surface area contributed by atoms with Crippen LogP contribution in [0.1, 0.15) is 58.3 Å². The minimum Gasteiger partial charge on any atom is -0.378 e. The molecule has 1 saturated carbocycles. The van der Waals surface area contributed by atoms with Crippen molar-refractivity contribution in [2.75, 3.05) is 11.9 Å². The van der Waals surface area contributed by atoms with Crippen LogP contribution in [-0.2, 0) is 4.74 Å². The smallest absolute Gasteiger partial charge is 0.0575 e.